The molecule has 0 atom stereocenters. The maximum atomic E-state index is 2.40. The Morgan fingerprint density at radius 3 is 1.03 bits per heavy atom. The molecule has 10 aromatic rings. The summed E-state index contributed by atoms with van der Waals surface area (Å²) in [4.78, 5) is 0. The highest BCUT2D eigenvalue weighted by molar-refractivity contribution is 6.58. The van der Waals surface area contributed by atoms with Crippen LogP contribution in [-0.4, -0.2) is 0 Å². The van der Waals surface area contributed by atoms with Gasteiger partial charge in [0.15, 0.2) is 0 Å². The quantitative estimate of drug-likeness (QED) is 0.186. The van der Waals surface area contributed by atoms with E-state index in [9.17, 15) is 0 Å². The Bertz CT molecular complexity index is 2700. The van der Waals surface area contributed by atoms with Crippen molar-refractivity contribution in [1.82, 2.24) is 0 Å². The van der Waals surface area contributed by atoms with Crippen LogP contribution >= 0.6 is 0 Å². The van der Waals surface area contributed by atoms with Crippen LogP contribution in [0.1, 0.15) is 11.1 Å². The molecule has 10 aromatic carbocycles. The first-order chi connectivity index (χ1) is 19.4. The van der Waals surface area contributed by atoms with Crippen LogP contribution in [0.25, 0.3) is 103 Å². The third kappa shape index (κ3) is 1.91. The van der Waals surface area contributed by atoms with Gasteiger partial charge in [-0.2, -0.15) is 0 Å². The molecule has 0 heteroatoms. The number of hydrogen-bond acceptors (Lipinski definition) is 0. The number of benzene rings is 9. The van der Waals surface area contributed by atoms with Crippen LogP contribution < -0.4 is 0 Å². The summed E-state index contributed by atoms with van der Waals surface area (Å²) in [6.07, 6.45) is 5.78. The van der Waals surface area contributed by atoms with E-state index in [1.54, 1.807) is 0 Å². The van der Waals surface area contributed by atoms with Crippen molar-refractivity contribution in [2.24, 2.45) is 0 Å². The fourth-order valence-corrected chi connectivity index (χ4v) is 8.63. The third-order valence-corrected chi connectivity index (χ3v) is 9.87. The van der Waals surface area contributed by atoms with Crippen LogP contribution in [0.3, 0.4) is 0 Å². The highest BCUT2D eigenvalue weighted by Gasteiger charge is 2.31. The molecule has 176 valence electrons. The van der Waals surface area contributed by atoms with E-state index in [1.165, 1.54) is 108 Å². The second-order valence-corrected chi connectivity index (χ2v) is 11.4. The normalized spacial score (nSPS) is 13.9. The lowest BCUT2D eigenvalue weighted by Crippen LogP contribution is -1.92. The molecule has 11 rings (SSSR count). The average Bonchev–Trinajstić information content (AvgIpc) is 3.62. The van der Waals surface area contributed by atoms with Crippen molar-refractivity contribution < 1.29 is 0 Å². The van der Waals surface area contributed by atoms with Gasteiger partial charge in [-0.25, -0.2) is 0 Å². The Labute approximate surface area is 223 Å². The lowest BCUT2D eigenvalue weighted by molar-refractivity contribution is 1.36. The van der Waals surface area contributed by atoms with E-state index in [0.717, 1.165) is 6.42 Å². The largest absolute Gasteiger partial charge is 0.0795 e. The summed E-state index contributed by atoms with van der Waals surface area (Å²) >= 11 is 0. The first kappa shape index (κ1) is 19.2. The molecule has 1 aliphatic rings. The van der Waals surface area contributed by atoms with E-state index in [4.69, 9.17) is 0 Å². The molecular weight excluding hydrogens is 468 g/mol. The van der Waals surface area contributed by atoms with E-state index in [2.05, 4.69) is 109 Å². The predicted octanol–water partition coefficient (Wildman–Crippen LogP) is 10.9. The molecule has 0 amide bonds. The van der Waals surface area contributed by atoms with Crippen molar-refractivity contribution in [3.05, 3.63) is 114 Å². The van der Waals surface area contributed by atoms with Gasteiger partial charge < -0.3 is 0 Å². The standard InChI is InChI=1S/C39H20/c1-3-12-22-20(10-1)30-21-11-2-4-13-23(21)32-25-15-6-8-17-27(25)34-29-19-9-18-28(29)33-26-16-7-5-14-24(26)31(22)36-35(30)37(32)39(34)38(33)36/h1-18H,19H2. The van der Waals surface area contributed by atoms with Crippen LogP contribution in [-0.2, 0) is 6.42 Å². The van der Waals surface area contributed by atoms with Crippen molar-refractivity contribution in [3.8, 4) is 0 Å². The van der Waals surface area contributed by atoms with Gasteiger partial charge in [-0.1, -0.05) is 109 Å². The first-order valence-electron chi connectivity index (χ1n) is 13.9. The van der Waals surface area contributed by atoms with Crippen molar-refractivity contribution in [1.29, 1.82) is 0 Å². The van der Waals surface area contributed by atoms with Crippen LogP contribution in [0.15, 0.2) is 103 Å². The Balaban J connectivity index is 1.72. The fourth-order valence-electron chi connectivity index (χ4n) is 8.63. The van der Waals surface area contributed by atoms with Gasteiger partial charge >= 0.3 is 0 Å². The third-order valence-electron chi connectivity index (χ3n) is 9.87. The molecule has 0 fully saturated rings. The molecule has 0 saturated heterocycles. The van der Waals surface area contributed by atoms with Gasteiger partial charge in [0, 0.05) is 0 Å². The minimum atomic E-state index is 0.999. The number of hydrogen-bond donors (Lipinski definition) is 0. The van der Waals surface area contributed by atoms with E-state index >= 15 is 0 Å². The zero-order valence-corrected chi connectivity index (χ0v) is 21.1. The van der Waals surface area contributed by atoms with Crippen LogP contribution in [0, 0.1) is 0 Å². The van der Waals surface area contributed by atoms with Crippen molar-refractivity contribution >= 4 is 103 Å². The summed E-state index contributed by atoms with van der Waals surface area (Å²) in [5.41, 5.74) is 2.93. The monoisotopic (exact) mass is 488 g/mol. The molecule has 0 spiro atoms. The van der Waals surface area contributed by atoms with Crippen LogP contribution in [0.2, 0.25) is 0 Å². The van der Waals surface area contributed by atoms with E-state index in [1.807, 2.05) is 0 Å². The molecule has 0 aliphatic heterocycles. The lowest BCUT2D eigenvalue weighted by Gasteiger charge is -2.17. The second-order valence-electron chi connectivity index (χ2n) is 11.4. The second kappa shape index (κ2) is 6.20. The Hall–Kier alpha value is -4.94. The van der Waals surface area contributed by atoms with Crippen molar-refractivity contribution in [2.75, 3.05) is 0 Å². The minimum Gasteiger partial charge on any atom is -0.0795 e. The summed E-state index contributed by atoms with van der Waals surface area (Å²) < 4.78 is 0. The molecule has 0 heterocycles. The SMILES string of the molecule is C1=Cc2c(c3c4ccccc4c4c5ccccc5c5c6ccccc6c6c7ccccc7c2c2c3c4c5c62)C1. The zero-order chi connectivity index (χ0) is 25.0. The smallest absolute Gasteiger partial charge is 0.0000478 e. The topological polar surface area (TPSA) is 0 Å². The molecular formula is C39H20. The van der Waals surface area contributed by atoms with Gasteiger partial charge in [-0.05, 0) is 114 Å². The molecule has 0 bridgehead atoms. The molecule has 0 N–H and O–H groups in total. The Kier molecular flexibility index (Phi) is 3.05. The summed E-state index contributed by atoms with van der Waals surface area (Å²) in [6, 6.07) is 36.6. The average molecular weight is 489 g/mol. The summed E-state index contributed by atoms with van der Waals surface area (Å²) in [5.74, 6) is 0. The van der Waals surface area contributed by atoms with Gasteiger partial charge in [-0.15, -0.1) is 0 Å². The summed E-state index contributed by atoms with van der Waals surface area (Å²) in [6.45, 7) is 0. The fraction of sp³-hybridized carbons (Fsp3) is 0.0256. The zero-order valence-electron chi connectivity index (χ0n) is 21.1. The number of rotatable bonds is 0. The lowest BCUT2D eigenvalue weighted by atomic mass is 9.85. The van der Waals surface area contributed by atoms with Gasteiger partial charge in [0.25, 0.3) is 0 Å². The molecule has 1 aliphatic carbocycles. The molecule has 39 heavy (non-hydrogen) atoms. The number of fused-ring (bicyclic) bond motifs is 15. The Morgan fingerprint density at radius 2 is 0.615 bits per heavy atom. The van der Waals surface area contributed by atoms with Crippen LogP contribution in [0.5, 0.6) is 0 Å². The van der Waals surface area contributed by atoms with Gasteiger partial charge in [0.2, 0.25) is 0 Å². The predicted molar refractivity (Wildman–Crippen MR) is 170 cm³/mol. The molecule has 0 aromatic heterocycles. The van der Waals surface area contributed by atoms with Gasteiger partial charge in [0.05, 0.1) is 0 Å². The molecule has 0 radical (unpaired) electrons. The highest BCUT2D eigenvalue weighted by atomic mass is 14.3. The van der Waals surface area contributed by atoms with Gasteiger partial charge in [-0.3, -0.25) is 0 Å². The number of allylic oxidation sites excluding steroid dienone is 1. The first-order valence-corrected chi connectivity index (χ1v) is 13.9. The minimum absolute atomic E-state index is 0.999. The Morgan fingerprint density at radius 1 is 0.308 bits per heavy atom. The van der Waals surface area contributed by atoms with Gasteiger partial charge in [0.1, 0.15) is 0 Å². The van der Waals surface area contributed by atoms with Crippen molar-refractivity contribution in [2.45, 2.75) is 6.42 Å². The molecule has 0 unspecified atom stereocenters. The molecule has 0 saturated carbocycles. The maximum Gasteiger partial charge on any atom is -0.0000478 e. The van der Waals surface area contributed by atoms with E-state index in [-0.39, 0.29) is 0 Å². The van der Waals surface area contributed by atoms with Crippen LogP contribution in [0.4, 0.5) is 0 Å². The maximum absolute atomic E-state index is 2.40. The van der Waals surface area contributed by atoms with Crippen molar-refractivity contribution in [3.63, 3.8) is 0 Å². The summed E-state index contributed by atoms with van der Waals surface area (Å²) in [7, 11) is 0. The highest BCUT2D eigenvalue weighted by Crippen LogP contribution is 2.58. The van der Waals surface area contributed by atoms with E-state index in [0.29, 0.717) is 0 Å². The van der Waals surface area contributed by atoms with E-state index < -0.39 is 0 Å². The molecule has 0 nitrogen and oxygen atoms in total. The summed E-state index contributed by atoms with van der Waals surface area (Å²) in [5, 5.41) is 25.5.